The number of halogens is 1. The fourth-order valence-corrected chi connectivity index (χ4v) is 3.94. The predicted octanol–water partition coefficient (Wildman–Crippen LogP) is 4.97. The third-order valence-corrected chi connectivity index (χ3v) is 5.78. The molecule has 1 amide bonds. The third-order valence-electron chi connectivity index (χ3n) is 4.56. The van der Waals surface area contributed by atoms with Crippen molar-refractivity contribution in [3.63, 3.8) is 0 Å². The van der Waals surface area contributed by atoms with Crippen LogP contribution in [-0.2, 0) is 17.8 Å². The van der Waals surface area contributed by atoms with Crippen molar-refractivity contribution in [3.05, 3.63) is 89.7 Å². The minimum Gasteiger partial charge on any atom is -0.325 e. The molecule has 2 aromatic heterocycles. The van der Waals surface area contributed by atoms with Crippen LogP contribution < -0.4 is 5.32 Å². The molecule has 6 nitrogen and oxygen atoms in total. The summed E-state index contributed by atoms with van der Waals surface area (Å²) in [4.78, 5) is 16.6. The molecule has 0 unspecified atom stereocenters. The van der Waals surface area contributed by atoms with Crippen LogP contribution in [0.5, 0.6) is 0 Å². The monoisotopic (exact) mass is 449 g/mol. The van der Waals surface area contributed by atoms with Crippen LogP contribution >= 0.6 is 23.4 Å². The second kappa shape index (κ2) is 10.2. The molecule has 0 atom stereocenters. The summed E-state index contributed by atoms with van der Waals surface area (Å²) in [5.41, 5.74) is 2.82. The van der Waals surface area contributed by atoms with Crippen molar-refractivity contribution in [1.29, 1.82) is 0 Å². The summed E-state index contributed by atoms with van der Waals surface area (Å²) in [5.74, 6) is 0.844. The van der Waals surface area contributed by atoms with Crippen LogP contribution in [0.3, 0.4) is 0 Å². The highest BCUT2D eigenvalue weighted by atomic mass is 35.5. The lowest BCUT2D eigenvalue weighted by atomic mass is 10.1. The third kappa shape index (κ3) is 5.71. The van der Waals surface area contributed by atoms with Crippen LogP contribution in [0.15, 0.2) is 84.3 Å². The molecule has 0 bridgehead atoms. The van der Waals surface area contributed by atoms with Gasteiger partial charge >= 0.3 is 0 Å². The predicted molar refractivity (Wildman–Crippen MR) is 124 cm³/mol. The molecule has 156 valence electrons. The summed E-state index contributed by atoms with van der Waals surface area (Å²) < 4.78 is 2.05. The number of hydrogen-bond acceptors (Lipinski definition) is 5. The molecule has 0 spiro atoms. The zero-order valence-corrected chi connectivity index (χ0v) is 18.2. The van der Waals surface area contributed by atoms with Gasteiger partial charge in [-0.3, -0.25) is 9.78 Å². The number of nitrogens with zero attached hydrogens (tertiary/aromatic N) is 4. The summed E-state index contributed by atoms with van der Waals surface area (Å²) in [5, 5.41) is 12.9. The minimum atomic E-state index is -0.118. The van der Waals surface area contributed by atoms with Gasteiger partial charge in [-0.05, 0) is 48.4 Å². The minimum absolute atomic E-state index is 0.118. The highest BCUT2D eigenvalue weighted by Gasteiger charge is 2.16. The van der Waals surface area contributed by atoms with Gasteiger partial charge in [0.15, 0.2) is 11.0 Å². The molecular weight excluding hydrogens is 430 g/mol. The van der Waals surface area contributed by atoms with Gasteiger partial charge in [0, 0.05) is 35.2 Å². The van der Waals surface area contributed by atoms with Gasteiger partial charge in [-0.1, -0.05) is 53.7 Å². The van der Waals surface area contributed by atoms with Gasteiger partial charge in [-0.15, -0.1) is 10.2 Å². The molecule has 2 heterocycles. The standard InChI is InChI=1S/C23H20ClN5OS/c24-19-8-10-20(11-9-19)26-21(30)16-31-23-28-27-22(18-7-4-13-25-15-18)29(23)14-12-17-5-2-1-3-6-17/h1-11,13,15H,12,14,16H2,(H,26,30). The van der Waals surface area contributed by atoms with Crippen molar-refractivity contribution >= 4 is 35.0 Å². The van der Waals surface area contributed by atoms with Crippen molar-refractivity contribution in [2.45, 2.75) is 18.1 Å². The lowest BCUT2D eigenvalue weighted by Gasteiger charge is -2.10. The number of nitrogens with one attached hydrogen (secondary N) is 1. The molecule has 2 aromatic carbocycles. The Labute approximate surface area is 189 Å². The number of carbonyl (C=O) groups excluding carboxylic acids is 1. The number of anilines is 1. The largest absolute Gasteiger partial charge is 0.325 e. The summed E-state index contributed by atoms with van der Waals surface area (Å²) in [6.45, 7) is 0.697. The molecule has 0 fully saturated rings. The molecule has 1 N–H and O–H groups in total. The van der Waals surface area contributed by atoms with E-state index in [-0.39, 0.29) is 11.7 Å². The van der Waals surface area contributed by atoms with E-state index in [1.165, 1.54) is 17.3 Å². The Morgan fingerprint density at radius 2 is 1.81 bits per heavy atom. The molecular formula is C23H20ClN5OS. The van der Waals surface area contributed by atoms with Gasteiger partial charge in [0.25, 0.3) is 0 Å². The SMILES string of the molecule is O=C(CSc1nnc(-c2cccnc2)n1CCc1ccccc1)Nc1ccc(Cl)cc1. The molecule has 4 rings (SSSR count). The fraction of sp³-hybridized carbons (Fsp3) is 0.130. The highest BCUT2D eigenvalue weighted by molar-refractivity contribution is 7.99. The van der Waals surface area contributed by atoms with Gasteiger partial charge in [-0.2, -0.15) is 0 Å². The first-order chi connectivity index (χ1) is 15.2. The number of hydrogen-bond donors (Lipinski definition) is 1. The van der Waals surface area contributed by atoms with E-state index in [9.17, 15) is 4.79 Å². The zero-order valence-electron chi connectivity index (χ0n) is 16.6. The molecule has 0 radical (unpaired) electrons. The Kier molecular flexibility index (Phi) is 6.96. The van der Waals surface area contributed by atoms with Crippen LogP contribution in [0, 0.1) is 0 Å². The Morgan fingerprint density at radius 1 is 1.00 bits per heavy atom. The first-order valence-corrected chi connectivity index (χ1v) is 11.1. The van der Waals surface area contributed by atoms with Crippen molar-refractivity contribution in [1.82, 2.24) is 19.7 Å². The number of benzene rings is 2. The number of amides is 1. The zero-order chi connectivity index (χ0) is 21.5. The van der Waals surface area contributed by atoms with E-state index in [0.29, 0.717) is 22.4 Å². The Morgan fingerprint density at radius 3 is 2.55 bits per heavy atom. The van der Waals surface area contributed by atoms with Gasteiger partial charge < -0.3 is 9.88 Å². The van der Waals surface area contributed by atoms with Gasteiger partial charge in [0.2, 0.25) is 5.91 Å². The second-order valence-electron chi connectivity index (χ2n) is 6.78. The summed E-state index contributed by atoms with van der Waals surface area (Å²) >= 11 is 7.25. The summed E-state index contributed by atoms with van der Waals surface area (Å²) in [6, 6.07) is 21.1. The quantitative estimate of drug-likeness (QED) is 0.384. The normalized spacial score (nSPS) is 10.7. The average molecular weight is 450 g/mol. The molecule has 0 saturated heterocycles. The van der Waals surface area contributed by atoms with E-state index >= 15 is 0 Å². The topological polar surface area (TPSA) is 72.7 Å². The van der Waals surface area contributed by atoms with E-state index in [0.717, 1.165) is 17.8 Å². The second-order valence-corrected chi connectivity index (χ2v) is 8.16. The number of aromatic nitrogens is 4. The molecule has 8 heteroatoms. The van der Waals surface area contributed by atoms with Crippen molar-refractivity contribution in [2.24, 2.45) is 0 Å². The lowest BCUT2D eigenvalue weighted by molar-refractivity contribution is -0.113. The van der Waals surface area contributed by atoms with Crippen molar-refractivity contribution < 1.29 is 4.79 Å². The maximum absolute atomic E-state index is 12.4. The molecule has 0 aliphatic rings. The first-order valence-electron chi connectivity index (χ1n) is 9.75. The van der Waals surface area contributed by atoms with Crippen molar-refractivity contribution in [2.75, 3.05) is 11.1 Å². The first kappa shape index (κ1) is 21.1. The molecule has 0 aliphatic heterocycles. The highest BCUT2D eigenvalue weighted by Crippen LogP contribution is 2.24. The van der Waals surface area contributed by atoms with Crippen LogP contribution in [-0.4, -0.2) is 31.4 Å². The molecule has 4 aromatic rings. The number of pyridine rings is 1. The van der Waals surface area contributed by atoms with Crippen LogP contribution in [0.2, 0.25) is 5.02 Å². The molecule has 31 heavy (non-hydrogen) atoms. The maximum atomic E-state index is 12.4. The van der Waals surface area contributed by atoms with Crippen molar-refractivity contribution in [3.8, 4) is 11.4 Å². The Bertz CT molecular complexity index is 1130. The van der Waals surface area contributed by atoms with Gasteiger partial charge in [0.05, 0.1) is 5.75 Å². The van der Waals surface area contributed by atoms with Crippen LogP contribution in [0.1, 0.15) is 5.56 Å². The van der Waals surface area contributed by atoms with E-state index < -0.39 is 0 Å². The number of aryl methyl sites for hydroxylation is 1. The van der Waals surface area contributed by atoms with E-state index in [4.69, 9.17) is 11.6 Å². The Hall–Kier alpha value is -3.16. The maximum Gasteiger partial charge on any atom is 0.234 e. The Balaban J connectivity index is 1.48. The van der Waals surface area contributed by atoms with Gasteiger partial charge in [-0.25, -0.2) is 0 Å². The van der Waals surface area contributed by atoms with Gasteiger partial charge in [0.1, 0.15) is 0 Å². The van der Waals surface area contributed by atoms with Crippen LogP contribution in [0.4, 0.5) is 5.69 Å². The lowest BCUT2D eigenvalue weighted by Crippen LogP contribution is -2.15. The summed E-state index contributed by atoms with van der Waals surface area (Å²) in [7, 11) is 0. The molecule has 0 aliphatic carbocycles. The van der Waals surface area contributed by atoms with Crippen LogP contribution in [0.25, 0.3) is 11.4 Å². The number of thioether (sulfide) groups is 1. The van der Waals surface area contributed by atoms with E-state index in [2.05, 4.69) is 32.6 Å². The average Bonchev–Trinajstić information content (AvgIpc) is 3.22. The number of rotatable bonds is 8. The number of carbonyl (C=O) groups is 1. The smallest absolute Gasteiger partial charge is 0.234 e. The molecule has 0 saturated carbocycles. The van der Waals surface area contributed by atoms with E-state index in [1.54, 1.807) is 36.7 Å². The van der Waals surface area contributed by atoms with E-state index in [1.807, 2.05) is 34.9 Å². The summed E-state index contributed by atoms with van der Waals surface area (Å²) in [6.07, 6.45) is 4.33. The fourth-order valence-electron chi connectivity index (χ4n) is 3.05.